The molecule has 6 nitrogen and oxygen atoms in total. The molecule has 3 N–H and O–H groups in total. The van der Waals surface area contributed by atoms with Crippen molar-refractivity contribution in [2.75, 3.05) is 32.7 Å². The molecule has 134 valence electrons. The quantitative estimate of drug-likeness (QED) is 0.804. The Morgan fingerprint density at radius 1 is 1.33 bits per heavy atom. The van der Waals surface area contributed by atoms with Crippen LogP contribution in [-0.4, -0.2) is 44.7 Å². The molecule has 2 aromatic rings. The zero-order valence-electron chi connectivity index (χ0n) is 14.0. The van der Waals surface area contributed by atoms with E-state index < -0.39 is 6.04 Å². The second-order valence-electron chi connectivity index (χ2n) is 5.33. The number of aromatic nitrogens is 1. The second kappa shape index (κ2) is 10.3. The molecule has 0 saturated heterocycles. The minimum Gasteiger partial charge on any atom is -0.383 e. The number of benzene rings is 1. The van der Waals surface area contributed by atoms with Gasteiger partial charge in [0.1, 0.15) is 11.9 Å². The third kappa shape index (κ3) is 5.49. The van der Waals surface area contributed by atoms with Crippen LogP contribution in [-0.2, 0) is 16.1 Å². The Kier molecular flexibility index (Phi) is 9.62. The summed E-state index contributed by atoms with van der Waals surface area (Å²) < 4.78 is 4.90. The molecular formula is C16H24Cl2N4O2. The van der Waals surface area contributed by atoms with Crippen molar-refractivity contribution in [2.45, 2.75) is 12.6 Å². The smallest absolute Gasteiger partial charge is 0.239 e. The Labute approximate surface area is 154 Å². The van der Waals surface area contributed by atoms with Crippen LogP contribution in [0.15, 0.2) is 30.3 Å². The topological polar surface area (TPSA) is 80.5 Å². The average molecular weight is 375 g/mol. The number of nitrogens with zero attached hydrogens (tertiary/aromatic N) is 2. The summed E-state index contributed by atoms with van der Waals surface area (Å²) in [4.78, 5) is 18.5. The van der Waals surface area contributed by atoms with Crippen LogP contribution in [0.25, 0.3) is 10.9 Å². The molecule has 1 amide bonds. The van der Waals surface area contributed by atoms with E-state index in [1.807, 2.05) is 49.3 Å². The highest BCUT2D eigenvalue weighted by Gasteiger charge is 2.14. The number of halogens is 2. The first-order valence-corrected chi connectivity index (χ1v) is 7.11. The summed E-state index contributed by atoms with van der Waals surface area (Å²) >= 11 is 0. The van der Waals surface area contributed by atoms with E-state index in [0.29, 0.717) is 6.54 Å². The van der Waals surface area contributed by atoms with E-state index in [0.717, 1.165) is 22.3 Å². The van der Waals surface area contributed by atoms with Crippen LogP contribution in [0.4, 0.5) is 5.82 Å². The number of carbonyl (C=O) groups is 1. The van der Waals surface area contributed by atoms with Crippen molar-refractivity contribution in [2.24, 2.45) is 5.73 Å². The molecule has 0 bridgehead atoms. The zero-order valence-corrected chi connectivity index (χ0v) is 15.6. The van der Waals surface area contributed by atoms with Crippen molar-refractivity contribution in [3.8, 4) is 0 Å². The number of anilines is 1. The molecule has 0 fully saturated rings. The van der Waals surface area contributed by atoms with Crippen LogP contribution >= 0.6 is 24.8 Å². The summed E-state index contributed by atoms with van der Waals surface area (Å²) in [5.74, 6) is 0.623. The van der Waals surface area contributed by atoms with E-state index in [1.54, 1.807) is 0 Å². The van der Waals surface area contributed by atoms with Crippen molar-refractivity contribution in [3.63, 3.8) is 0 Å². The molecular weight excluding hydrogens is 351 g/mol. The van der Waals surface area contributed by atoms with Crippen molar-refractivity contribution < 1.29 is 9.53 Å². The van der Waals surface area contributed by atoms with Crippen LogP contribution in [0.5, 0.6) is 0 Å². The maximum Gasteiger partial charge on any atom is 0.239 e. The summed E-state index contributed by atoms with van der Waals surface area (Å²) in [6, 6.07) is 9.19. The summed E-state index contributed by atoms with van der Waals surface area (Å²) in [6.45, 7) is 0.603. The third-order valence-electron chi connectivity index (χ3n) is 3.38. The molecule has 0 aliphatic heterocycles. The molecule has 1 atom stereocenters. The van der Waals surface area contributed by atoms with Crippen molar-refractivity contribution in [1.29, 1.82) is 0 Å². The van der Waals surface area contributed by atoms with Gasteiger partial charge < -0.3 is 20.7 Å². The highest BCUT2D eigenvalue weighted by Crippen LogP contribution is 2.21. The number of methoxy groups -OCH3 is 1. The Morgan fingerprint density at radius 3 is 2.62 bits per heavy atom. The van der Waals surface area contributed by atoms with Gasteiger partial charge >= 0.3 is 0 Å². The number of nitrogens with two attached hydrogens (primary N) is 1. The summed E-state index contributed by atoms with van der Waals surface area (Å²) in [5, 5.41) is 3.87. The van der Waals surface area contributed by atoms with Crippen molar-refractivity contribution >= 4 is 47.4 Å². The van der Waals surface area contributed by atoms with E-state index in [4.69, 9.17) is 10.5 Å². The standard InChI is InChI=1S/C16H22N4O2.2ClH/c1-20(2)15-8-11(9-18-16(21)13(17)10-22-3)12-6-4-5-7-14(12)19-15;;/h4-8,13H,9-10,17H2,1-3H3,(H,18,21);2*1H. The van der Waals surface area contributed by atoms with Gasteiger partial charge in [-0.25, -0.2) is 4.98 Å². The lowest BCUT2D eigenvalue weighted by atomic mass is 10.1. The number of pyridine rings is 1. The molecule has 2 rings (SSSR count). The largest absolute Gasteiger partial charge is 0.383 e. The monoisotopic (exact) mass is 374 g/mol. The van der Waals surface area contributed by atoms with Gasteiger partial charge in [-0.15, -0.1) is 24.8 Å². The Balaban J connectivity index is 0.00000264. The van der Waals surface area contributed by atoms with Crippen LogP contribution in [0.3, 0.4) is 0 Å². The van der Waals surface area contributed by atoms with Gasteiger partial charge in [0.2, 0.25) is 5.91 Å². The first kappa shape index (κ1) is 22.4. The van der Waals surface area contributed by atoms with Crippen LogP contribution in [0.1, 0.15) is 5.56 Å². The van der Waals surface area contributed by atoms with Gasteiger partial charge in [0.05, 0.1) is 12.1 Å². The molecule has 0 saturated carbocycles. The molecule has 1 aromatic carbocycles. The highest BCUT2D eigenvalue weighted by atomic mass is 35.5. The van der Waals surface area contributed by atoms with Gasteiger partial charge in [-0.2, -0.15) is 0 Å². The molecule has 0 spiro atoms. The number of para-hydroxylation sites is 1. The molecule has 0 radical (unpaired) electrons. The molecule has 1 unspecified atom stereocenters. The molecule has 0 aliphatic carbocycles. The van der Waals surface area contributed by atoms with Crippen molar-refractivity contribution in [1.82, 2.24) is 10.3 Å². The SMILES string of the molecule is COCC(N)C(=O)NCc1cc(N(C)C)nc2ccccc12.Cl.Cl. The van der Waals surface area contributed by atoms with Gasteiger partial charge in [0.25, 0.3) is 0 Å². The average Bonchev–Trinajstić information content (AvgIpc) is 2.52. The molecule has 1 aromatic heterocycles. The second-order valence-corrected chi connectivity index (χ2v) is 5.33. The van der Waals surface area contributed by atoms with Gasteiger partial charge in [-0.05, 0) is 17.7 Å². The van der Waals surface area contributed by atoms with Crippen LogP contribution in [0.2, 0.25) is 0 Å². The first-order valence-electron chi connectivity index (χ1n) is 7.11. The fourth-order valence-electron chi connectivity index (χ4n) is 2.18. The maximum absolute atomic E-state index is 11.9. The summed E-state index contributed by atoms with van der Waals surface area (Å²) in [7, 11) is 5.40. The summed E-state index contributed by atoms with van der Waals surface area (Å²) in [5.41, 5.74) is 7.63. The predicted octanol–water partition coefficient (Wildman–Crippen LogP) is 1.73. The number of amides is 1. The number of carbonyl (C=O) groups excluding carboxylic acids is 1. The molecule has 0 aliphatic rings. The number of fused-ring (bicyclic) bond motifs is 1. The minimum absolute atomic E-state index is 0. The lowest BCUT2D eigenvalue weighted by molar-refractivity contribution is -0.123. The van der Waals surface area contributed by atoms with Crippen LogP contribution in [0, 0.1) is 0 Å². The number of hydrogen-bond acceptors (Lipinski definition) is 5. The molecule has 1 heterocycles. The number of rotatable bonds is 6. The van der Waals surface area contributed by atoms with E-state index in [1.165, 1.54) is 7.11 Å². The lowest BCUT2D eigenvalue weighted by Gasteiger charge is -2.16. The molecule has 24 heavy (non-hydrogen) atoms. The summed E-state index contributed by atoms with van der Waals surface area (Å²) in [6.07, 6.45) is 0. The minimum atomic E-state index is -0.661. The third-order valence-corrected chi connectivity index (χ3v) is 3.38. The van der Waals surface area contributed by atoms with E-state index >= 15 is 0 Å². The fourth-order valence-corrected chi connectivity index (χ4v) is 2.18. The van der Waals surface area contributed by atoms with E-state index in [2.05, 4.69) is 10.3 Å². The lowest BCUT2D eigenvalue weighted by Crippen LogP contribution is -2.43. The molecule has 8 heteroatoms. The fraction of sp³-hybridized carbons (Fsp3) is 0.375. The van der Waals surface area contributed by atoms with E-state index in [9.17, 15) is 4.79 Å². The number of ether oxygens (including phenoxy) is 1. The number of hydrogen-bond donors (Lipinski definition) is 2. The van der Waals surface area contributed by atoms with Gasteiger partial charge in [0.15, 0.2) is 0 Å². The van der Waals surface area contributed by atoms with Gasteiger partial charge in [0, 0.05) is 33.1 Å². The van der Waals surface area contributed by atoms with Gasteiger partial charge in [-0.3, -0.25) is 4.79 Å². The highest BCUT2D eigenvalue weighted by molar-refractivity contribution is 5.86. The van der Waals surface area contributed by atoms with Gasteiger partial charge in [-0.1, -0.05) is 18.2 Å². The van der Waals surface area contributed by atoms with Crippen LogP contribution < -0.4 is 16.0 Å². The Bertz CT molecular complexity index is 668. The Hall–Kier alpha value is -1.60. The number of nitrogens with one attached hydrogen (secondary N) is 1. The normalized spacial score (nSPS) is 11.2. The zero-order chi connectivity index (χ0) is 16.1. The van der Waals surface area contributed by atoms with Crippen molar-refractivity contribution in [3.05, 3.63) is 35.9 Å². The maximum atomic E-state index is 11.9. The predicted molar refractivity (Wildman–Crippen MR) is 102 cm³/mol. The van der Waals surface area contributed by atoms with E-state index in [-0.39, 0.29) is 37.3 Å². The first-order chi connectivity index (χ1) is 10.5. The Morgan fingerprint density at radius 2 is 2.00 bits per heavy atom.